The topological polar surface area (TPSA) is 32.8 Å². The molecule has 2 aromatic carbocycles. The van der Waals surface area contributed by atoms with Crippen molar-refractivity contribution in [3.8, 4) is 0 Å². The van der Waals surface area contributed by atoms with Gasteiger partial charge >= 0.3 is 0 Å². The molecular weight excluding hydrogens is 362 g/mol. The summed E-state index contributed by atoms with van der Waals surface area (Å²) in [5, 5.41) is 0. The van der Waals surface area contributed by atoms with E-state index in [1.807, 2.05) is 30.3 Å². The Balaban J connectivity index is 1.64. The van der Waals surface area contributed by atoms with Crippen molar-refractivity contribution >= 4 is 5.91 Å². The van der Waals surface area contributed by atoms with Gasteiger partial charge in [0.1, 0.15) is 0 Å². The SMILES string of the molecule is O=C(c1ccc(F)c(F)c1)N1CCO[C@@H](CN2CCCC2)[C@@H]1c1ccccc1. The van der Waals surface area contributed by atoms with Crippen LogP contribution >= 0.6 is 0 Å². The Labute approximate surface area is 163 Å². The number of hydrogen-bond acceptors (Lipinski definition) is 3. The second-order valence-corrected chi connectivity index (χ2v) is 7.40. The van der Waals surface area contributed by atoms with Gasteiger partial charge in [-0.05, 0) is 49.7 Å². The first-order valence-electron chi connectivity index (χ1n) is 9.78. The molecule has 0 N–H and O–H groups in total. The molecule has 0 spiro atoms. The molecule has 4 rings (SSSR count). The van der Waals surface area contributed by atoms with E-state index in [0.29, 0.717) is 13.2 Å². The van der Waals surface area contributed by atoms with Crippen molar-refractivity contribution in [3.05, 3.63) is 71.3 Å². The van der Waals surface area contributed by atoms with Crippen molar-refractivity contribution in [2.75, 3.05) is 32.8 Å². The highest BCUT2D eigenvalue weighted by Crippen LogP contribution is 2.32. The number of rotatable bonds is 4. The van der Waals surface area contributed by atoms with Gasteiger partial charge in [-0.2, -0.15) is 0 Å². The standard InChI is InChI=1S/C22H24F2N2O2/c23-18-9-8-17(14-19(18)24)22(27)26-12-13-28-20(15-25-10-4-5-11-25)21(26)16-6-2-1-3-7-16/h1-3,6-9,14,20-21H,4-5,10-13,15H2/t20-,21-/m0/s1. The zero-order valence-corrected chi connectivity index (χ0v) is 15.7. The average molecular weight is 386 g/mol. The second kappa shape index (κ2) is 8.37. The molecule has 2 aromatic rings. The van der Waals surface area contributed by atoms with E-state index in [-0.39, 0.29) is 23.6 Å². The lowest BCUT2D eigenvalue weighted by Gasteiger charge is -2.42. The molecule has 148 valence electrons. The van der Waals surface area contributed by atoms with E-state index in [1.54, 1.807) is 4.90 Å². The fraction of sp³-hybridized carbons (Fsp3) is 0.409. The van der Waals surface area contributed by atoms with Crippen molar-refractivity contribution in [2.45, 2.75) is 25.0 Å². The molecule has 1 amide bonds. The number of benzene rings is 2. The minimum atomic E-state index is -1.01. The summed E-state index contributed by atoms with van der Waals surface area (Å²) in [6.45, 7) is 3.67. The summed E-state index contributed by atoms with van der Waals surface area (Å²) >= 11 is 0. The van der Waals surface area contributed by atoms with Crippen LogP contribution in [0.2, 0.25) is 0 Å². The lowest BCUT2D eigenvalue weighted by Crippen LogP contribution is -2.51. The average Bonchev–Trinajstić information content (AvgIpc) is 3.23. The summed E-state index contributed by atoms with van der Waals surface area (Å²) in [6, 6.07) is 12.8. The fourth-order valence-electron chi connectivity index (χ4n) is 4.17. The predicted octanol–water partition coefficient (Wildman–Crippen LogP) is 3.64. The lowest BCUT2D eigenvalue weighted by atomic mass is 9.96. The summed E-state index contributed by atoms with van der Waals surface area (Å²) in [5.41, 5.74) is 1.14. The van der Waals surface area contributed by atoms with Gasteiger partial charge in [0.25, 0.3) is 5.91 Å². The van der Waals surface area contributed by atoms with E-state index in [0.717, 1.165) is 37.3 Å². The van der Waals surface area contributed by atoms with Crippen molar-refractivity contribution in [1.29, 1.82) is 0 Å². The molecule has 0 saturated carbocycles. The van der Waals surface area contributed by atoms with Crippen molar-refractivity contribution in [2.24, 2.45) is 0 Å². The maximum Gasteiger partial charge on any atom is 0.254 e. The van der Waals surface area contributed by atoms with E-state index >= 15 is 0 Å². The third-order valence-electron chi connectivity index (χ3n) is 5.56. The summed E-state index contributed by atoms with van der Waals surface area (Å²) in [6.07, 6.45) is 2.20. The van der Waals surface area contributed by atoms with Crippen molar-refractivity contribution in [1.82, 2.24) is 9.80 Å². The zero-order chi connectivity index (χ0) is 19.5. The second-order valence-electron chi connectivity index (χ2n) is 7.40. The van der Waals surface area contributed by atoms with Crippen LogP contribution < -0.4 is 0 Å². The van der Waals surface area contributed by atoms with Gasteiger partial charge in [-0.15, -0.1) is 0 Å². The number of hydrogen-bond donors (Lipinski definition) is 0. The van der Waals surface area contributed by atoms with Crippen LogP contribution in [0.15, 0.2) is 48.5 Å². The quantitative estimate of drug-likeness (QED) is 0.804. The highest BCUT2D eigenvalue weighted by atomic mass is 19.2. The first kappa shape index (κ1) is 19.0. The van der Waals surface area contributed by atoms with Gasteiger partial charge in [0.2, 0.25) is 0 Å². The van der Waals surface area contributed by atoms with Gasteiger partial charge in [0.15, 0.2) is 11.6 Å². The molecule has 0 radical (unpaired) electrons. The van der Waals surface area contributed by atoms with Crippen LogP contribution in [0.1, 0.15) is 34.8 Å². The first-order valence-corrected chi connectivity index (χ1v) is 9.78. The third kappa shape index (κ3) is 3.93. The zero-order valence-electron chi connectivity index (χ0n) is 15.7. The van der Waals surface area contributed by atoms with Gasteiger partial charge in [0, 0.05) is 18.7 Å². The molecule has 2 aliphatic rings. The number of halogens is 2. The largest absolute Gasteiger partial charge is 0.373 e. The van der Waals surface area contributed by atoms with Gasteiger partial charge < -0.3 is 14.5 Å². The summed E-state index contributed by atoms with van der Waals surface area (Å²) in [5.74, 6) is -2.27. The minimum Gasteiger partial charge on any atom is -0.373 e. The monoisotopic (exact) mass is 386 g/mol. The van der Waals surface area contributed by atoms with Crippen LogP contribution in [-0.4, -0.2) is 54.6 Å². The minimum absolute atomic E-state index is 0.154. The van der Waals surface area contributed by atoms with E-state index in [9.17, 15) is 13.6 Å². The molecule has 6 heteroatoms. The molecule has 0 unspecified atom stereocenters. The highest BCUT2D eigenvalue weighted by molar-refractivity contribution is 5.94. The van der Waals surface area contributed by atoms with Crippen LogP contribution in [0, 0.1) is 11.6 Å². The molecule has 28 heavy (non-hydrogen) atoms. The molecule has 4 nitrogen and oxygen atoms in total. The Morgan fingerprint density at radius 1 is 1.00 bits per heavy atom. The smallest absolute Gasteiger partial charge is 0.254 e. The molecular formula is C22H24F2N2O2. The highest BCUT2D eigenvalue weighted by Gasteiger charge is 2.38. The van der Waals surface area contributed by atoms with Crippen LogP contribution in [-0.2, 0) is 4.74 Å². The van der Waals surface area contributed by atoms with Crippen LogP contribution in [0.25, 0.3) is 0 Å². The van der Waals surface area contributed by atoms with E-state index in [1.165, 1.54) is 18.9 Å². The lowest BCUT2D eigenvalue weighted by molar-refractivity contribution is -0.0707. The predicted molar refractivity (Wildman–Crippen MR) is 102 cm³/mol. The van der Waals surface area contributed by atoms with Crippen molar-refractivity contribution < 1.29 is 18.3 Å². The van der Waals surface area contributed by atoms with Crippen molar-refractivity contribution in [3.63, 3.8) is 0 Å². The summed E-state index contributed by atoms with van der Waals surface area (Å²) in [4.78, 5) is 17.3. The van der Waals surface area contributed by atoms with E-state index < -0.39 is 11.6 Å². The molecule has 2 fully saturated rings. The van der Waals surface area contributed by atoms with Crippen LogP contribution in [0.5, 0.6) is 0 Å². The Bertz CT molecular complexity index is 825. The van der Waals surface area contributed by atoms with Gasteiger partial charge in [0.05, 0.1) is 18.8 Å². The molecule has 2 aliphatic heterocycles. The molecule has 2 saturated heterocycles. The van der Waals surface area contributed by atoms with Gasteiger partial charge in [-0.3, -0.25) is 4.79 Å². The number of amides is 1. The Morgan fingerprint density at radius 3 is 2.46 bits per heavy atom. The van der Waals surface area contributed by atoms with E-state index in [2.05, 4.69) is 4.90 Å². The summed E-state index contributed by atoms with van der Waals surface area (Å²) < 4.78 is 33.1. The third-order valence-corrected chi connectivity index (χ3v) is 5.56. The Kier molecular flexibility index (Phi) is 5.69. The Morgan fingerprint density at radius 2 is 1.75 bits per heavy atom. The number of carbonyl (C=O) groups is 1. The normalized spacial score (nSPS) is 23.1. The number of nitrogens with zero attached hydrogens (tertiary/aromatic N) is 2. The van der Waals surface area contributed by atoms with Gasteiger partial charge in [-0.25, -0.2) is 8.78 Å². The maximum absolute atomic E-state index is 13.7. The maximum atomic E-state index is 13.7. The van der Waals surface area contributed by atoms with E-state index in [4.69, 9.17) is 4.74 Å². The molecule has 0 bridgehead atoms. The number of morpholine rings is 1. The summed E-state index contributed by atoms with van der Waals surface area (Å²) in [7, 11) is 0. The number of carbonyl (C=O) groups excluding carboxylic acids is 1. The molecule has 2 heterocycles. The number of ether oxygens (including phenoxy) is 1. The van der Waals surface area contributed by atoms with Crippen LogP contribution in [0.4, 0.5) is 8.78 Å². The molecule has 0 aromatic heterocycles. The molecule has 0 aliphatic carbocycles. The van der Waals surface area contributed by atoms with Crippen LogP contribution in [0.3, 0.4) is 0 Å². The first-order chi connectivity index (χ1) is 13.6. The van der Waals surface area contributed by atoms with Gasteiger partial charge in [-0.1, -0.05) is 30.3 Å². The fourth-order valence-corrected chi connectivity index (χ4v) is 4.17. The number of likely N-dealkylation sites (tertiary alicyclic amines) is 1. The Hall–Kier alpha value is -2.31. The molecule has 2 atom stereocenters.